The van der Waals surface area contributed by atoms with Crippen molar-refractivity contribution in [3.8, 4) is 5.75 Å². The topological polar surface area (TPSA) is 29.5 Å². The van der Waals surface area contributed by atoms with Crippen LogP contribution in [0.3, 0.4) is 0 Å². The van der Waals surface area contributed by atoms with Crippen LogP contribution in [0.25, 0.3) is 0 Å². The summed E-state index contributed by atoms with van der Waals surface area (Å²) in [5.74, 6) is 1.28. The molecule has 0 spiro atoms. The molecule has 0 saturated heterocycles. The lowest BCUT2D eigenvalue weighted by atomic mass is 10.0. The predicted octanol–water partition coefficient (Wildman–Crippen LogP) is 4.47. The second kappa shape index (κ2) is 9.88. The molecule has 1 aromatic carbocycles. The van der Waals surface area contributed by atoms with Gasteiger partial charge >= 0.3 is 0 Å². The van der Waals surface area contributed by atoms with Crippen LogP contribution in [0.1, 0.15) is 44.3 Å². The molecule has 0 aliphatic heterocycles. The lowest BCUT2D eigenvalue weighted by molar-refractivity contribution is 0.163. The van der Waals surface area contributed by atoms with Gasteiger partial charge < -0.3 is 9.84 Å². The van der Waals surface area contributed by atoms with E-state index in [9.17, 15) is 5.11 Å². The van der Waals surface area contributed by atoms with E-state index in [2.05, 4.69) is 6.92 Å². The number of halogens is 1. The molecule has 3 heteroatoms. The Kier molecular flexibility index (Phi) is 8.35. The lowest BCUT2D eigenvalue weighted by Crippen LogP contribution is -1.99. The minimum atomic E-state index is -0.395. The second-order valence-corrected chi connectivity index (χ2v) is 4.83. The van der Waals surface area contributed by atoms with Gasteiger partial charge in [0.2, 0.25) is 0 Å². The van der Waals surface area contributed by atoms with Gasteiger partial charge in [-0.1, -0.05) is 50.5 Å². The molecule has 0 bridgehead atoms. The summed E-state index contributed by atoms with van der Waals surface area (Å²) in [6.07, 6.45) is 7.54. The van der Waals surface area contributed by atoms with Gasteiger partial charge in [-0.25, -0.2) is 0 Å². The Labute approximate surface area is 121 Å². The molecule has 2 nitrogen and oxygen atoms in total. The number of unbranched alkanes of at least 4 members (excludes halogenated alkanes) is 2. The summed E-state index contributed by atoms with van der Waals surface area (Å²) in [5, 5.41) is 10.1. The van der Waals surface area contributed by atoms with E-state index >= 15 is 0 Å². The standard InChI is InChI=1S/C16H23ClO2/c1-2-3-4-10-16(18)14-8-7-9-15(13-14)19-12-6-5-11-17/h5-9,13,16,18H,2-4,10-12H2,1H3. The average Bonchev–Trinajstić information content (AvgIpc) is 2.44. The molecule has 0 aromatic heterocycles. The van der Waals surface area contributed by atoms with Crippen molar-refractivity contribution in [2.24, 2.45) is 0 Å². The van der Waals surface area contributed by atoms with E-state index in [1.54, 1.807) is 0 Å². The van der Waals surface area contributed by atoms with Crippen LogP contribution in [0.2, 0.25) is 0 Å². The van der Waals surface area contributed by atoms with Gasteiger partial charge in [0.25, 0.3) is 0 Å². The first kappa shape index (κ1) is 16.1. The van der Waals surface area contributed by atoms with E-state index < -0.39 is 6.10 Å². The third-order valence-electron chi connectivity index (χ3n) is 2.93. The van der Waals surface area contributed by atoms with Crippen molar-refractivity contribution in [3.05, 3.63) is 42.0 Å². The largest absolute Gasteiger partial charge is 0.490 e. The summed E-state index contributed by atoms with van der Waals surface area (Å²) in [7, 11) is 0. The molecule has 0 saturated carbocycles. The van der Waals surface area contributed by atoms with Crippen molar-refractivity contribution in [1.82, 2.24) is 0 Å². The van der Waals surface area contributed by atoms with E-state index in [4.69, 9.17) is 16.3 Å². The quantitative estimate of drug-likeness (QED) is 0.411. The van der Waals surface area contributed by atoms with Gasteiger partial charge in [-0.2, -0.15) is 0 Å². The second-order valence-electron chi connectivity index (χ2n) is 4.52. The molecule has 0 aliphatic carbocycles. The van der Waals surface area contributed by atoms with E-state index in [1.807, 2.05) is 36.4 Å². The van der Waals surface area contributed by atoms with Gasteiger partial charge in [-0.15, -0.1) is 11.6 Å². The number of hydrogen-bond acceptors (Lipinski definition) is 2. The fraction of sp³-hybridized carbons (Fsp3) is 0.500. The Morgan fingerprint density at radius 3 is 2.89 bits per heavy atom. The zero-order valence-corrected chi connectivity index (χ0v) is 12.3. The van der Waals surface area contributed by atoms with Crippen molar-refractivity contribution in [1.29, 1.82) is 0 Å². The number of ether oxygens (including phenoxy) is 1. The maximum Gasteiger partial charge on any atom is 0.120 e. The lowest BCUT2D eigenvalue weighted by Gasteiger charge is -2.12. The molecule has 1 unspecified atom stereocenters. The number of rotatable bonds is 9. The van der Waals surface area contributed by atoms with Crippen LogP contribution in [0.15, 0.2) is 36.4 Å². The highest BCUT2D eigenvalue weighted by Crippen LogP contribution is 2.23. The Bertz CT molecular complexity index is 377. The maximum atomic E-state index is 10.1. The molecule has 0 radical (unpaired) electrons. The first-order chi connectivity index (χ1) is 9.27. The molecule has 0 amide bonds. The van der Waals surface area contributed by atoms with E-state index in [0.29, 0.717) is 12.5 Å². The molecule has 0 heterocycles. The summed E-state index contributed by atoms with van der Waals surface area (Å²) in [6, 6.07) is 7.67. The molecular weight excluding hydrogens is 260 g/mol. The van der Waals surface area contributed by atoms with Crippen molar-refractivity contribution < 1.29 is 9.84 Å². The van der Waals surface area contributed by atoms with Gasteiger partial charge in [0, 0.05) is 5.88 Å². The fourth-order valence-electron chi connectivity index (χ4n) is 1.84. The smallest absolute Gasteiger partial charge is 0.120 e. The number of hydrogen-bond donors (Lipinski definition) is 1. The first-order valence-electron chi connectivity index (χ1n) is 6.89. The summed E-state index contributed by atoms with van der Waals surface area (Å²) >= 11 is 5.54. The van der Waals surface area contributed by atoms with Crippen molar-refractivity contribution in [2.75, 3.05) is 12.5 Å². The Morgan fingerprint density at radius 1 is 1.32 bits per heavy atom. The minimum absolute atomic E-state index is 0.395. The van der Waals surface area contributed by atoms with Crippen LogP contribution < -0.4 is 4.74 Å². The molecule has 106 valence electrons. The fourth-order valence-corrected chi connectivity index (χ4v) is 1.97. The molecule has 1 atom stereocenters. The van der Waals surface area contributed by atoms with E-state index in [1.165, 1.54) is 6.42 Å². The number of aliphatic hydroxyl groups excluding tert-OH is 1. The Hall–Kier alpha value is -0.990. The summed E-state index contributed by atoms with van der Waals surface area (Å²) < 4.78 is 5.57. The van der Waals surface area contributed by atoms with Crippen LogP contribution in [0.5, 0.6) is 5.75 Å². The molecular formula is C16H23ClO2. The number of aliphatic hydroxyl groups is 1. The van der Waals surface area contributed by atoms with Gasteiger partial charge in [-0.3, -0.25) is 0 Å². The monoisotopic (exact) mass is 282 g/mol. The third kappa shape index (κ3) is 6.65. The van der Waals surface area contributed by atoms with E-state index in [0.717, 1.165) is 30.6 Å². The van der Waals surface area contributed by atoms with Gasteiger partial charge in [-0.05, 0) is 24.1 Å². The average molecular weight is 283 g/mol. The Morgan fingerprint density at radius 2 is 2.16 bits per heavy atom. The first-order valence-corrected chi connectivity index (χ1v) is 7.43. The highest BCUT2D eigenvalue weighted by atomic mass is 35.5. The summed E-state index contributed by atoms with van der Waals surface area (Å²) in [4.78, 5) is 0. The number of alkyl halides is 1. The molecule has 0 fully saturated rings. The van der Waals surface area contributed by atoms with E-state index in [-0.39, 0.29) is 0 Å². The number of allylic oxidation sites excluding steroid dienone is 1. The molecule has 1 aromatic rings. The SMILES string of the molecule is CCCCCC(O)c1cccc(OCC=CCCl)c1. The van der Waals surface area contributed by atoms with Crippen LogP contribution in [-0.4, -0.2) is 17.6 Å². The van der Waals surface area contributed by atoms with Gasteiger partial charge in [0.15, 0.2) is 0 Å². The predicted molar refractivity (Wildman–Crippen MR) is 80.9 cm³/mol. The zero-order valence-electron chi connectivity index (χ0n) is 11.5. The highest BCUT2D eigenvalue weighted by molar-refractivity contribution is 6.18. The van der Waals surface area contributed by atoms with Crippen LogP contribution in [-0.2, 0) is 0 Å². The Balaban J connectivity index is 2.48. The van der Waals surface area contributed by atoms with Crippen molar-refractivity contribution in [3.63, 3.8) is 0 Å². The third-order valence-corrected chi connectivity index (χ3v) is 3.10. The zero-order chi connectivity index (χ0) is 13.9. The molecule has 19 heavy (non-hydrogen) atoms. The highest BCUT2D eigenvalue weighted by Gasteiger charge is 2.07. The van der Waals surface area contributed by atoms with Crippen LogP contribution >= 0.6 is 11.6 Å². The molecule has 0 aliphatic rings. The van der Waals surface area contributed by atoms with Gasteiger partial charge in [0.05, 0.1) is 6.10 Å². The van der Waals surface area contributed by atoms with Crippen molar-refractivity contribution in [2.45, 2.75) is 38.7 Å². The van der Waals surface area contributed by atoms with Crippen molar-refractivity contribution >= 4 is 11.6 Å². The maximum absolute atomic E-state index is 10.1. The summed E-state index contributed by atoms with van der Waals surface area (Å²) in [6.45, 7) is 2.66. The molecule has 1 N–H and O–H groups in total. The summed E-state index contributed by atoms with van der Waals surface area (Å²) in [5.41, 5.74) is 0.926. The van der Waals surface area contributed by atoms with Crippen LogP contribution in [0, 0.1) is 0 Å². The van der Waals surface area contributed by atoms with Crippen LogP contribution in [0.4, 0.5) is 0 Å². The normalized spacial score (nSPS) is 12.8. The minimum Gasteiger partial charge on any atom is -0.490 e. The number of benzene rings is 1. The van der Waals surface area contributed by atoms with Gasteiger partial charge in [0.1, 0.15) is 12.4 Å². The molecule has 1 rings (SSSR count).